The maximum atomic E-state index is 5.62. The van der Waals surface area contributed by atoms with Crippen molar-refractivity contribution in [3.63, 3.8) is 0 Å². The van der Waals surface area contributed by atoms with Gasteiger partial charge in [0.15, 0.2) is 0 Å². The Bertz CT molecular complexity index is 3590. The van der Waals surface area contributed by atoms with Crippen LogP contribution < -0.4 is 0 Å². The van der Waals surface area contributed by atoms with Crippen molar-refractivity contribution >= 4 is 43.6 Å². The summed E-state index contributed by atoms with van der Waals surface area (Å²) in [6.07, 6.45) is 0. The number of para-hydroxylation sites is 2. The van der Waals surface area contributed by atoms with Gasteiger partial charge in [0.25, 0.3) is 0 Å². The zero-order chi connectivity index (χ0) is 41.0. The molecule has 0 bridgehead atoms. The molecule has 3 heterocycles. The molecule has 0 aliphatic heterocycles. The maximum absolute atomic E-state index is 5.62. The Balaban J connectivity index is 1.22. The lowest BCUT2D eigenvalue weighted by Crippen LogP contribution is -2.02. The molecule has 0 aliphatic rings. The third-order valence-corrected chi connectivity index (χ3v) is 12.3. The second kappa shape index (κ2) is 14.8. The molecule has 0 aliphatic carbocycles. The summed E-state index contributed by atoms with van der Waals surface area (Å²) in [7, 11) is 0. The molecule has 12 aromatic rings. The van der Waals surface area contributed by atoms with Crippen molar-refractivity contribution in [1.82, 2.24) is 14.1 Å². The number of benzene rings is 9. The van der Waals surface area contributed by atoms with E-state index in [1.165, 1.54) is 54.9 Å². The standard InChI is InChI=1S/C59H39N3/c1-5-18-40(19-6-1)42-32-34-48(35-33-42)61-54-30-15-13-28-49(54)52-39-51(43-22-9-3-10-23-43)57-50-29-14-16-31-55(50)62(59(57)58(52)61)56-38-47(37-53(60-56)44-24-11-4-12-25-44)46-27-17-26-45(36-46)41-20-7-2-8-21-41/h1-39H. The Morgan fingerprint density at radius 2 is 0.790 bits per heavy atom. The Morgan fingerprint density at radius 1 is 0.290 bits per heavy atom. The zero-order valence-electron chi connectivity index (χ0n) is 33.9. The first-order valence-electron chi connectivity index (χ1n) is 21.2. The minimum absolute atomic E-state index is 0.861. The molecule has 3 aromatic heterocycles. The smallest absolute Gasteiger partial charge is 0.138 e. The molecule has 0 saturated heterocycles. The molecule has 9 aromatic carbocycles. The van der Waals surface area contributed by atoms with Gasteiger partial charge in [-0.1, -0.05) is 188 Å². The largest absolute Gasteiger partial charge is 0.307 e. The third kappa shape index (κ3) is 5.94. The predicted molar refractivity (Wildman–Crippen MR) is 260 cm³/mol. The van der Waals surface area contributed by atoms with Gasteiger partial charge in [0.1, 0.15) is 5.82 Å². The lowest BCUT2D eigenvalue weighted by Gasteiger charge is -2.16. The first kappa shape index (κ1) is 35.7. The Hall–Kier alpha value is -8.27. The van der Waals surface area contributed by atoms with Crippen molar-refractivity contribution < 1.29 is 0 Å². The van der Waals surface area contributed by atoms with Gasteiger partial charge in [-0.3, -0.25) is 4.57 Å². The molecule has 62 heavy (non-hydrogen) atoms. The van der Waals surface area contributed by atoms with Crippen molar-refractivity contribution in [2.45, 2.75) is 0 Å². The quantitative estimate of drug-likeness (QED) is 0.158. The van der Waals surface area contributed by atoms with Crippen molar-refractivity contribution in [2.24, 2.45) is 0 Å². The van der Waals surface area contributed by atoms with Crippen molar-refractivity contribution in [2.75, 3.05) is 0 Å². The third-order valence-electron chi connectivity index (χ3n) is 12.3. The topological polar surface area (TPSA) is 22.8 Å². The Morgan fingerprint density at radius 3 is 1.45 bits per heavy atom. The molecule has 0 amide bonds. The van der Waals surface area contributed by atoms with Crippen LogP contribution in [-0.4, -0.2) is 14.1 Å². The number of hydrogen-bond donors (Lipinski definition) is 0. The van der Waals surface area contributed by atoms with E-state index in [1.807, 2.05) is 0 Å². The van der Waals surface area contributed by atoms with E-state index in [-0.39, 0.29) is 0 Å². The van der Waals surface area contributed by atoms with Crippen molar-refractivity contribution in [3.8, 4) is 67.3 Å². The van der Waals surface area contributed by atoms with Gasteiger partial charge >= 0.3 is 0 Å². The van der Waals surface area contributed by atoms with E-state index in [1.54, 1.807) is 0 Å². The number of pyridine rings is 1. The van der Waals surface area contributed by atoms with E-state index < -0.39 is 0 Å². The molecule has 290 valence electrons. The van der Waals surface area contributed by atoms with Gasteiger partial charge < -0.3 is 4.57 Å². The molecule has 0 fully saturated rings. The van der Waals surface area contributed by atoms with Crippen LogP contribution in [0.3, 0.4) is 0 Å². The number of fused-ring (bicyclic) bond motifs is 7. The van der Waals surface area contributed by atoms with Crippen LogP contribution in [0.5, 0.6) is 0 Å². The normalized spacial score (nSPS) is 11.5. The van der Waals surface area contributed by atoms with E-state index in [0.717, 1.165) is 56.0 Å². The lowest BCUT2D eigenvalue weighted by molar-refractivity contribution is 1.08. The van der Waals surface area contributed by atoms with E-state index in [4.69, 9.17) is 4.98 Å². The monoisotopic (exact) mass is 789 g/mol. The van der Waals surface area contributed by atoms with E-state index in [0.29, 0.717) is 0 Å². The fourth-order valence-corrected chi connectivity index (χ4v) is 9.45. The molecule has 12 rings (SSSR count). The van der Waals surface area contributed by atoms with Crippen LogP contribution in [0.25, 0.3) is 111 Å². The highest BCUT2D eigenvalue weighted by atomic mass is 15.1. The van der Waals surface area contributed by atoms with Gasteiger partial charge in [0.05, 0.1) is 27.8 Å². The van der Waals surface area contributed by atoms with E-state index >= 15 is 0 Å². The maximum Gasteiger partial charge on any atom is 0.138 e. The highest BCUT2D eigenvalue weighted by Crippen LogP contribution is 2.46. The first-order valence-corrected chi connectivity index (χ1v) is 21.2. The van der Waals surface area contributed by atoms with Crippen LogP contribution in [-0.2, 0) is 0 Å². The zero-order valence-corrected chi connectivity index (χ0v) is 33.9. The molecular weight excluding hydrogens is 751 g/mol. The number of nitrogens with zero attached hydrogens (tertiary/aromatic N) is 3. The SMILES string of the molecule is c1ccc(-c2ccc(-n3c4ccccc4c4cc(-c5ccccc5)c5c6ccccc6n(-c6cc(-c7cccc(-c8ccccc8)c7)cc(-c7ccccc7)n6)c5c43)cc2)cc1. The van der Waals surface area contributed by atoms with Crippen LogP contribution in [0, 0.1) is 0 Å². The first-order chi connectivity index (χ1) is 30.8. The summed E-state index contributed by atoms with van der Waals surface area (Å²) in [5, 5.41) is 4.77. The molecule has 3 heteroatoms. The number of hydrogen-bond acceptors (Lipinski definition) is 1. The average molecular weight is 790 g/mol. The molecular formula is C59H39N3. The van der Waals surface area contributed by atoms with Crippen molar-refractivity contribution in [1.29, 1.82) is 0 Å². The van der Waals surface area contributed by atoms with Crippen molar-refractivity contribution in [3.05, 3.63) is 237 Å². The number of aromatic nitrogens is 3. The van der Waals surface area contributed by atoms with E-state index in [2.05, 4.69) is 246 Å². The van der Waals surface area contributed by atoms with Gasteiger partial charge in [0, 0.05) is 32.8 Å². The van der Waals surface area contributed by atoms with Crippen LogP contribution in [0.15, 0.2) is 237 Å². The van der Waals surface area contributed by atoms with Gasteiger partial charge in [-0.2, -0.15) is 0 Å². The summed E-state index contributed by atoms with van der Waals surface area (Å²) < 4.78 is 4.90. The highest BCUT2D eigenvalue weighted by Gasteiger charge is 2.25. The van der Waals surface area contributed by atoms with Crippen LogP contribution in [0.2, 0.25) is 0 Å². The van der Waals surface area contributed by atoms with Gasteiger partial charge in [-0.15, -0.1) is 0 Å². The second-order valence-electron chi connectivity index (χ2n) is 15.9. The summed E-state index contributed by atoms with van der Waals surface area (Å²) in [5.74, 6) is 0.861. The molecule has 0 atom stereocenters. The predicted octanol–water partition coefficient (Wildman–Crippen LogP) is 15.6. The van der Waals surface area contributed by atoms with Gasteiger partial charge in [-0.05, 0) is 93.0 Å². The minimum atomic E-state index is 0.861. The second-order valence-corrected chi connectivity index (χ2v) is 15.9. The minimum Gasteiger partial charge on any atom is -0.307 e. The summed E-state index contributed by atoms with van der Waals surface area (Å²) in [6.45, 7) is 0. The Kier molecular flexibility index (Phi) is 8.50. The summed E-state index contributed by atoms with van der Waals surface area (Å²) >= 11 is 0. The van der Waals surface area contributed by atoms with E-state index in [9.17, 15) is 0 Å². The molecule has 0 N–H and O–H groups in total. The summed E-state index contributed by atoms with van der Waals surface area (Å²) in [6, 6.07) is 85.2. The Labute approximate surface area is 360 Å². The highest BCUT2D eigenvalue weighted by molar-refractivity contribution is 6.28. The van der Waals surface area contributed by atoms with Crippen LogP contribution >= 0.6 is 0 Å². The molecule has 0 radical (unpaired) electrons. The number of rotatable bonds is 7. The molecule has 3 nitrogen and oxygen atoms in total. The molecule has 0 spiro atoms. The van der Waals surface area contributed by atoms with Gasteiger partial charge in [-0.25, -0.2) is 4.98 Å². The molecule has 0 saturated carbocycles. The summed E-state index contributed by atoms with van der Waals surface area (Å²) in [5.41, 5.74) is 17.0. The summed E-state index contributed by atoms with van der Waals surface area (Å²) in [4.78, 5) is 5.62. The van der Waals surface area contributed by atoms with Gasteiger partial charge in [0.2, 0.25) is 0 Å². The fraction of sp³-hybridized carbons (Fsp3) is 0. The van der Waals surface area contributed by atoms with Crippen LogP contribution in [0.4, 0.5) is 0 Å². The fourth-order valence-electron chi connectivity index (χ4n) is 9.45. The van der Waals surface area contributed by atoms with Crippen LogP contribution in [0.1, 0.15) is 0 Å². The molecule has 0 unspecified atom stereocenters. The average Bonchev–Trinajstić information content (AvgIpc) is 3.88. The lowest BCUT2D eigenvalue weighted by atomic mass is 9.96.